The van der Waals surface area contributed by atoms with E-state index in [-0.39, 0.29) is 22.3 Å². The van der Waals surface area contributed by atoms with Crippen molar-refractivity contribution in [2.45, 2.75) is 18.7 Å². The molecule has 0 aliphatic carbocycles. The van der Waals surface area contributed by atoms with E-state index in [1.165, 1.54) is 19.3 Å². The summed E-state index contributed by atoms with van der Waals surface area (Å²) in [7, 11) is -2.17. The van der Waals surface area contributed by atoms with E-state index in [9.17, 15) is 18.5 Å². The van der Waals surface area contributed by atoms with E-state index in [0.29, 0.717) is 28.6 Å². The molecule has 0 bridgehead atoms. The molecule has 0 saturated carbocycles. The average Bonchev–Trinajstić information content (AvgIpc) is 3.26. The quantitative estimate of drug-likeness (QED) is 0.349. The van der Waals surface area contributed by atoms with Crippen LogP contribution in [0.5, 0.6) is 11.5 Å². The van der Waals surface area contributed by atoms with E-state index in [2.05, 4.69) is 14.7 Å². The minimum Gasteiger partial charge on any atom is -0.493 e. The lowest BCUT2D eigenvalue weighted by atomic mass is 10.1. The van der Waals surface area contributed by atoms with E-state index in [1.54, 1.807) is 12.1 Å². The number of halogens is 1. The standard InChI is InChI=1S/C22H19ClN4O5S2/c1-13-4-6-14(7-5-13)12-32-19-17(23)9-15(10-18(19)31-2)8-16(11-24)20(28)25-21-26-22(27-33-21)34(3,29)30/h4-10H,12H2,1-3H3,(H,25,26,27,28). The van der Waals surface area contributed by atoms with Gasteiger partial charge in [-0.1, -0.05) is 41.4 Å². The molecule has 0 spiro atoms. The first-order valence-corrected chi connectivity index (χ1v) is 12.7. The van der Waals surface area contributed by atoms with Crippen LogP contribution in [0.1, 0.15) is 16.7 Å². The molecule has 3 aromatic rings. The van der Waals surface area contributed by atoms with E-state index in [4.69, 9.17) is 21.1 Å². The number of nitrogens with zero attached hydrogens (tertiary/aromatic N) is 3. The number of amides is 1. The molecule has 0 atom stereocenters. The van der Waals surface area contributed by atoms with E-state index >= 15 is 0 Å². The highest BCUT2D eigenvalue weighted by molar-refractivity contribution is 7.90. The maximum Gasteiger partial charge on any atom is 0.268 e. The molecule has 0 fully saturated rings. The van der Waals surface area contributed by atoms with Crippen molar-refractivity contribution in [1.82, 2.24) is 9.36 Å². The number of anilines is 1. The lowest BCUT2D eigenvalue weighted by Crippen LogP contribution is -2.13. The number of nitriles is 1. The van der Waals surface area contributed by atoms with Crippen molar-refractivity contribution in [3.8, 4) is 17.6 Å². The number of aryl methyl sites for hydroxylation is 1. The summed E-state index contributed by atoms with van der Waals surface area (Å²) in [5.41, 5.74) is 2.24. The lowest BCUT2D eigenvalue weighted by molar-refractivity contribution is -0.112. The van der Waals surface area contributed by atoms with Crippen LogP contribution >= 0.6 is 23.1 Å². The molecule has 3 rings (SSSR count). The molecule has 2 aromatic carbocycles. The fourth-order valence-electron chi connectivity index (χ4n) is 2.69. The number of hydrogen-bond donors (Lipinski definition) is 1. The molecule has 0 aliphatic rings. The zero-order valence-corrected chi connectivity index (χ0v) is 20.7. The van der Waals surface area contributed by atoms with Gasteiger partial charge < -0.3 is 9.47 Å². The van der Waals surface area contributed by atoms with E-state index in [1.807, 2.05) is 31.2 Å². The Morgan fingerprint density at radius 1 is 1.29 bits per heavy atom. The zero-order chi connectivity index (χ0) is 24.9. The summed E-state index contributed by atoms with van der Waals surface area (Å²) in [4.78, 5) is 16.2. The van der Waals surface area contributed by atoms with Crippen LogP contribution in [0.4, 0.5) is 5.13 Å². The second-order valence-corrected chi connectivity index (χ2v) is 10.2. The molecule has 12 heteroatoms. The number of aromatic nitrogens is 2. The fraction of sp³-hybridized carbons (Fsp3) is 0.182. The number of rotatable bonds is 8. The summed E-state index contributed by atoms with van der Waals surface area (Å²) < 4.78 is 37.9. The minimum atomic E-state index is -3.62. The van der Waals surface area contributed by atoms with Crippen LogP contribution in [-0.4, -0.2) is 37.0 Å². The predicted octanol–water partition coefficient (Wildman–Crippen LogP) is 4.04. The smallest absolute Gasteiger partial charge is 0.268 e. The molecule has 1 heterocycles. The molecule has 0 aliphatic heterocycles. The van der Waals surface area contributed by atoms with Crippen LogP contribution in [0.15, 0.2) is 47.1 Å². The number of carbonyl (C=O) groups is 1. The molecule has 0 saturated heterocycles. The summed E-state index contributed by atoms with van der Waals surface area (Å²) in [6.45, 7) is 2.27. The van der Waals surface area contributed by atoms with Gasteiger partial charge in [0.25, 0.3) is 11.1 Å². The first kappa shape index (κ1) is 25.2. The third-order valence-electron chi connectivity index (χ3n) is 4.39. The van der Waals surface area contributed by atoms with Gasteiger partial charge in [-0.25, -0.2) is 8.42 Å². The van der Waals surface area contributed by atoms with Crippen LogP contribution in [0.2, 0.25) is 5.02 Å². The molecular formula is C22H19ClN4O5S2. The Morgan fingerprint density at radius 3 is 2.59 bits per heavy atom. The zero-order valence-electron chi connectivity index (χ0n) is 18.3. The first-order chi connectivity index (χ1) is 16.1. The third-order valence-corrected chi connectivity index (χ3v) is 6.26. The fourth-order valence-corrected chi connectivity index (χ4v) is 4.41. The summed E-state index contributed by atoms with van der Waals surface area (Å²) in [5, 5.41) is 11.6. The largest absolute Gasteiger partial charge is 0.493 e. The predicted molar refractivity (Wildman–Crippen MR) is 129 cm³/mol. The van der Waals surface area contributed by atoms with Gasteiger partial charge in [-0.3, -0.25) is 10.1 Å². The maximum atomic E-state index is 12.5. The topological polar surface area (TPSA) is 131 Å². The Bertz CT molecular complexity index is 1390. The van der Waals surface area contributed by atoms with E-state index < -0.39 is 20.9 Å². The number of methoxy groups -OCH3 is 1. The molecule has 0 radical (unpaired) electrons. The van der Waals surface area contributed by atoms with Crippen molar-refractivity contribution in [2.75, 3.05) is 18.7 Å². The van der Waals surface area contributed by atoms with Crippen molar-refractivity contribution >= 4 is 50.1 Å². The number of sulfone groups is 1. The van der Waals surface area contributed by atoms with Gasteiger partial charge in [0.1, 0.15) is 18.2 Å². The highest BCUT2D eigenvalue weighted by atomic mass is 35.5. The summed E-state index contributed by atoms with van der Waals surface area (Å²) >= 11 is 7.08. The van der Waals surface area contributed by atoms with Crippen molar-refractivity contribution in [3.05, 3.63) is 63.7 Å². The Hall–Kier alpha value is -3.46. The summed E-state index contributed by atoms with van der Waals surface area (Å²) in [6.07, 6.45) is 2.26. The van der Waals surface area contributed by atoms with Crippen LogP contribution in [0.3, 0.4) is 0 Å². The number of nitrogens with one attached hydrogen (secondary N) is 1. The summed E-state index contributed by atoms with van der Waals surface area (Å²) in [6, 6.07) is 12.8. The Morgan fingerprint density at radius 2 is 2.00 bits per heavy atom. The first-order valence-electron chi connectivity index (χ1n) is 9.63. The number of benzene rings is 2. The number of carbonyl (C=O) groups excluding carboxylic acids is 1. The Balaban J connectivity index is 1.80. The normalized spacial score (nSPS) is 11.6. The Kier molecular flexibility index (Phi) is 7.88. The van der Waals surface area contributed by atoms with Gasteiger partial charge in [0, 0.05) is 17.8 Å². The number of hydrogen-bond acceptors (Lipinski definition) is 9. The van der Waals surface area contributed by atoms with Crippen molar-refractivity contribution in [3.63, 3.8) is 0 Å². The van der Waals surface area contributed by atoms with Gasteiger partial charge in [0.2, 0.25) is 15.0 Å². The molecule has 176 valence electrons. The lowest BCUT2D eigenvalue weighted by Gasteiger charge is -2.14. The van der Waals surface area contributed by atoms with Gasteiger partial charge in [-0.2, -0.15) is 14.6 Å². The summed E-state index contributed by atoms with van der Waals surface area (Å²) in [5.74, 6) is -0.133. The van der Waals surface area contributed by atoms with Crippen LogP contribution < -0.4 is 14.8 Å². The van der Waals surface area contributed by atoms with Crippen LogP contribution in [0, 0.1) is 18.3 Å². The van der Waals surface area contributed by atoms with Crippen LogP contribution in [0.25, 0.3) is 6.08 Å². The van der Waals surface area contributed by atoms with Crippen molar-refractivity contribution < 1.29 is 22.7 Å². The third kappa shape index (κ3) is 6.32. The maximum absolute atomic E-state index is 12.5. The van der Waals surface area contributed by atoms with Crippen molar-refractivity contribution in [2.24, 2.45) is 0 Å². The molecule has 34 heavy (non-hydrogen) atoms. The molecular weight excluding hydrogens is 500 g/mol. The van der Waals surface area contributed by atoms with Gasteiger partial charge in [0.15, 0.2) is 11.5 Å². The second kappa shape index (κ2) is 10.6. The molecule has 9 nitrogen and oxygen atoms in total. The van der Waals surface area contributed by atoms with Crippen molar-refractivity contribution in [1.29, 1.82) is 5.26 Å². The van der Waals surface area contributed by atoms with Gasteiger partial charge in [-0.15, -0.1) is 0 Å². The van der Waals surface area contributed by atoms with Gasteiger partial charge >= 0.3 is 0 Å². The SMILES string of the molecule is COc1cc(C=C(C#N)C(=O)Nc2nc(S(C)(=O)=O)ns2)cc(Cl)c1OCc1ccc(C)cc1. The monoisotopic (exact) mass is 518 g/mol. The molecule has 1 amide bonds. The Labute approximate surface area is 205 Å². The molecule has 1 aromatic heterocycles. The highest BCUT2D eigenvalue weighted by Gasteiger charge is 2.18. The van der Waals surface area contributed by atoms with Crippen LogP contribution in [-0.2, 0) is 21.2 Å². The minimum absolute atomic E-state index is 0.0537. The van der Waals surface area contributed by atoms with Gasteiger partial charge in [0.05, 0.1) is 12.1 Å². The molecule has 1 N–H and O–H groups in total. The van der Waals surface area contributed by atoms with Gasteiger partial charge in [-0.05, 0) is 36.3 Å². The second-order valence-electron chi connectivity index (χ2n) is 7.09. The average molecular weight is 519 g/mol. The highest BCUT2D eigenvalue weighted by Crippen LogP contribution is 2.37. The van der Waals surface area contributed by atoms with E-state index in [0.717, 1.165) is 17.4 Å². The molecule has 0 unspecified atom stereocenters. The number of ether oxygens (including phenoxy) is 2.